The number of rotatable bonds is 2. The molecule has 0 aliphatic carbocycles. The molecule has 0 aromatic heterocycles. The molecule has 64 valence electrons. The fraction of sp³-hybridized carbons (Fsp3) is 0.111. The highest BCUT2D eigenvalue weighted by molar-refractivity contribution is 6.62. The predicted octanol–water partition coefficient (Wildman–Crippen LogP) is 0.782. The van der Waals surface area contributed by atoms with Crippen LogP contribution in [0.2, 0.25) is 0 Å². The van der Waals surface area contributed by atoms with E-state index in [0.29, 0.717) is 11.1 Å². The van der Waals surface area contributed by atoms with Crippen LogP contribution in [0, 0.1) is 0 Å². The normalized spacial score (nSPS) is 9.31. The first-order chi connectivity index (χ1) is 6.15. The van der Waals surface area contributed by atoms with E-state index in [1.54, 1.807) is 0 Å². The molecule has 2 radical (unpaired) electrons. The maximum atomic E-state index is 11.0. The van der Waals surface area contributed by atoms with Gasteiger partial charge in [0.1, 0.15) is 5.68 Å². The molecule has 0 amide bonds. The van der Waals surface area contributed by atoms with Crippen LogP contribution in [0.15, 0.2) is 24.3 Å². The molecule has 4 heteroatoms. The van der Waals surface area contributed by atoms with E-state index in [0.717, 1.165) is 0 Å². The maximum absolute atomic E-state index is 11.0. The summed E-state index contributed by atoms with van der Waals surface area (Å²) in [6.45, 7) is 0. The van der Waals surface area contributed by atoms with Crippen molar-refractivity contribution in [1.82, 2.24) is 0 Å². The van der Waals surface area contributed by atoms with Gasteiger partial charge in [0.2, 0.25) is 0 Å². The van der Waals surface area contributed by atoms with Crippen LogP contribution < -0.4 is 0 Å². The minimum atomic E-state index is -0.517. The summed E-state index contributed by atoms with van der Waals surface area (Å²) >= 11 is 0. The molecule has 3 nitrogen and oxygen atoms in total. The Bertz CT molecular complexity index is 329. The first-order valence-electron chi connectivity index (χ1n) is 3.63. The van der Waals surface area contributed by atoms with Gasteiger partial charge in [-0.1, -0.05) is 12.1 Å². The van der Waals surface area contributed by atoms with Gasteiger partial charge in [0.25, 0.3) is 0 Å². The Kier molecular flexibility index (Phi) is 2.85. The SMILES string of the molecule is [B]C(=O)c1ccc(C(=O)OC)cc1. The zero-order valence-corrected chi connectivity index (χ0v) is 7.11. The topological polar surface area (TPSA) is 43.4 Å². The van der Waals surface area contributed by atoms with E-state index in [-0.39, 0.29) is 0 Å². The molecule has 0 saturated carbocycles. The number of carbonyl (C=O) groups is 2. The van der Waals surface area contributed by atoms with E-state index in [2.05, 4.69) is 4.74 Å². The summed E-state index contributed by atoms with van der Waals surface area (Å²) in [7, 11) is 6.31. The molecule has 1 aromatic carbocycles. The van der Waals surface area contributed by atoms with Gasteiger partial charge in [0, 0.05) is 5.56 Å². The largest absolute Gasteiger partial charge is 0.465 e. The van der Waals surface area contributed by atoms with Crippen LogP contribution in [0.4, 0.5) is 0 Å². The lowest BCUT2D eigenvalue weighted by atomic mass is 9.94. The quantitative estimate of drug-likeness (QED) is 0.491. The van der Waals surface area contributed by atoms with Crippen molar-refractivity contribution in [1.29, 1.82) is 0 Å². The molecule has 0 saturated heterocycles. The van der Waals surface area contributed by atoms with Crippen molar-refractivity contribution in [3.8, 4) is 0 Å². The predicted molar refractivity (Wildman–Crippen MR) is 47.9 cm³/mol. The van der Waals surface area contributed by atoms with Crippen molar-refractivity contribution in [2.75, 3.05) is 7.11 Å². The van der Waals surface area contributed by atoms with Gasteiger partial charge in [0.15, 0.2) is 7.85 Å². The molecule has 1 rings (SSSR count). The summed E-state index contributed by atoms with van der Waals surface area (Å²) in [5, 5.41) is 0. The van der Waals surface area contributed by atoms with Crippen molar-refractivity contribution in [3.05, 3.63) is 35.4 Å². The van der Waals surface area contributed by atoms with Crippen molar-refractivity contribution in [2.45, 2.75) is 0 Å². The fourth-order valence-corrected chi connectivity index (χ4v) is 0.888. The Morgan fingerprint density at radius 2 is 1.62 bits per heavy atom. The zero-order valence-electron chi connectivity index (χ0n) is 7.11. The third-order valence-electron chi connectivity index (χ3n) is 1.59. The van der Waals surface area contributed by atoms with Gasteiger partial charge >= 0.3 is 5.97 Å². The third kappa shape index (κ3) is 2.18. The minimum Gasteiger partial charge on any atom is -0.465 e. The lowest BCUT2D eigenvalue weighted by Gasteiger charge is -1.99. The molecular formula is C9H7BO3. The molecule has 13 heavy (non-hydrogen) atoms. The van der Waals surface area contributed by atoms with Crippen LogP contribution in [0.1, 0.15) is 20.7 Å². The maximum Gasteiger partial charge on any atom is 0.337 e. The Morgan fingerprint density at radius 3 is 2.00 bits per heavy atom. The highest BCUT2D eigenvalue weighted by Crippen LogP contribution is 2.05. The van der Waals surface area contributed by atoms with Crippen LogP contribution in [-0.4, -0.2) is 26.6 Å². The molecule has 0 aliphatic heterocycles. The van der Waals surface area contributed by atoms with E-state index < -0.39 is 11.7 Å². The number of hydrogen-bond acceptors (Lipinski definition) is 3. The van der Waals surface area contributed by atoms with Gasteiger partial charge in [0.05, 0.1) is 12.7 Å². The van der Waals surface area contributed by atoms with Crippen LogP contribution in [0.25, 0.3) is 0 Å². The Labute approximate surface area is 77.1 Å². The molecule has 0 atom stereocenters. The smallest absolute Gasteiger partial charge is 0.337 e. The first kappa shape index (κ1) is 9.51. The zero-order chi connectivity index (χ0) is 9.84. The average molecular weight is 174 g/mol. The number of methoxy groups -OCH3 is 1. The highest BCUT2D eigenvalue weighted by atomic mass is 16.5. The summed E-state index contributed by atoms with van der Waals surface area (Å²) in [5.74, 6) is -0.434. The monoisotopic (exact) mass is 174 g/mol. The molecule has 0 heterocycles. The average Bonchev–Trinajstić information content (AvgIpc) is 2.17. The number of ether oxygens (including phenoxy) is 1. The lowest BCUT2D eigenvalue weighted by molar-refractivity contribution is 0.0600. The summed E-state index contributed by atoms with van der Waals surface area (Å²) in [6, 6.07) is 5.95. The van der Waals surface area contributed by atoms with Crippen LogP contribution >= 0.6 is 0 Å². The number of hydrogen-bond donors (Lipinski definition) is 0. The highest BCUT2D eigenvalue weighted by Gasteiger charge is 2.05. The van der Waals surface area contributed by atoms with E-state index >= 15 is 0 Å². The van der Waals surface area contributed by atoms with Crippen LogP contribution in [-0.2, 0) is 4.74 Å². The molecule has 0 N–H and O–H groups in total. The second-order valence-corrected chi connectivity index (χ2v) is 2.43. The summed E-state index contributed by atoms with van der Waals surface area (Å²) in [6.07, 6.45) is 0. The molecule has 0 bridgehead atoms. The standard InChI is InChI=1S/C9H7BO3/c1-13-9(12)7-4-2-6(3-5-7)8(10)11/h2-5H,1H3. The van der Waals surface area contributed by atoms with E-state index in [9.17, 15) is 9.59 Å². The van der Waals surface area contributed by atoms with E-state index in [4.69, 9.17) is 7.85 Å². The third-order valence-corrected chi connectivity index (χ3v) is 1.59. The molecule has 0 spiro atoms. The van der Waals surface area contributed by atoms with Crippen molar-refractivity contribution < 1.29 is 14.3 Å². The Morgan fingerprint density at radius 1 is 1.15 bits per heavy atom. The molecular weight excluding hydrogens is 167 g/mol. The number of esters is 1. The molecule has 0 aliphatic rings. The van der Waals surface area contributed by atoms with Crippen molar-refractivity contribution >= 4 is 19.5 Å². The molecule has 1 aromatic rings. The summed E-state index contributed by atoms with van der Waals surface area (Å²) < 4.78 is 4.48. The molecule has 0 fully saturated rings. The second kappa shape index (κ2) is 3.89. The lowest BCUT2D eigenvalue weighted by Crippen LogP contribution is -2.02. The molecule has 0 unspecified atom stereocenters. The van der Waals surface area contributed by atoms with Gasteiger partial charge in [-0.15, -0.1) is 0 Å². The second-order valence-electron chi connectivity index (χ2n) is 2.43. The van der Waals surface area contributed by atoms with Gasteiger partial charge in [-0.3, -0.25) is 0 Å². The Hall–Kier alpha value is -1.58. The van der Waals surface area contributed by atoms with E-state index in [1.165, 1.54) is 31.4 Å². The van der Waals surface area contributed by atoms with Crippen molar-refractivity contribution in [2.24, 2.45) is 0 Å². The number of benzene rings is 1. The fourth-order valence-electron chi connectivity index (χ4n) is 0.888. The van der Waals surface area contributed by atoms with E-state index in [1.807, 2.05) is 0 Å². The number of carbonyl (C=O) groups excluding carboxylic acids is 2. The first-order valence-corrected chi connectivity index (χ1v) is 3.63. The minimum absolute atomic E-state index is 0.368. The van der Waals surface area contributed by atoms with Gasteiger partial charge < -0.3 is 9.53 Å². The Balaban J connectivity index is 2.93. The van der Waals surface area contributed by atoms with Gasteiger partial charge in [-0.2, -0.15) is 0 Å². The van der Waals surface area contributed by atoms with Gasteiger partial charge in [-0.05, 0) is 12.1 Å². The summed E-state index contributed by atoms with van der Waals surface area (Å²) in [5.41, 5.74) is 0.247. The van der Waals surface area contributed by atoms with Crippen LogP contribution in [0.5, 0.6) is 0 Å². The van der Waals surface area contributed by atoms with Gasteiger partial charge in [-0.25, -0.2) is 4.79 Å². The van der Waals surface area contributed by atoms with Crippen molar-refractivity contribution in [3.63, 3.8) is 0 Å². The summed E-state index contributed by atoms with van der Waals surface area (Å²) in [4.78, 5) is 21.6. The van der Waals surface area contributed by atoms with Crippen LogP contribution in [0.3, 0.4) is 0 Å².